The number of anilines is 2. The van der Waals surface area contributed by atoms with Crippen molar-refractivity contribution in [2.45, 2.75) is 0 Å². The molecule has 4 aromatic rings. The summed E-state index contributed by atoms with van der Waals surface area (Å²) in [6.45, 7) is 1.39. The van der Waals surface area contributed by atoms with E-state index in [2.05, 4.69) is 30.6 Å². The van der Waals surface area contributed by atoms with E-state index in [1.807, 2.05) is 61.5 Å². The zero-order valence-electron chi connectivity index (χ0n) is 16.9. The van der Waals surface area contributed by atoms with Crippen LogP contribution in [0.3, 0.4) is 0 Å². The average Bonchev–Trinajstić information content (AvgIpc) is 3.18. The fraction of sp³-hybridized carbons (Fsp3) is 0.182. The van der Waals surface area contributed by atoms with Crippen LogP contribution in [0.1, 0.15) is 10.5 Å². The zero-order valence-corrected chi connectivity index (χ0v) is 16.9. The molecule has 3 heterocycles. The van der Waals surface area contributed by atoms with Gasteiger partial charge in [0.05, 0.1) is 5.69 Å². The second kappa shape index (κ2) is 8.71. The van der Waals surface area contributed by atoms with E-state index in [4.69, 9.17) is 0 Å². The minimum atomic E-state index is -0.116. The van der Waals surface area contributed by atoms with Crippen molar-refractivity contribution in [3.05, 3.63) is 66.7 Å². The number of nitrogens with zero attached hydrogens (tertiary/aromatic N) is 4. The van der Waals surface area contributed by atoms with E-state index < -0.39 is 0 Å². The molecule has 3 N–H and O–H groups in total. The third-order valence-electron chi connectivity index (χ3n) is 4.58. The minimum Gasteiger partial charge on any atom is -0.351 e. The maximum atomic E-state index is 12.3. The first kappa shape index (κ1) is 19.5. The van der Waals surface area contributed by atoms with Crippen LogP contribution in [-0.2, 0) is 0 Å². The Bertz CT molecular complexity index is 1150. The second-order valence-electron chi connectivity index (χ2n) is 7.18. The van der Waals surface area contributed by atoms with Gasteiger partial charge in [-0.1, -0.05) is 0 Å². The van der Waals surface area contributed by atoms with Crippen molar-refractivity contribution < 1.29 is 4.79 Å². The van der Waals surface area contributed by atoms with Crippen LogP contribution in [0.5, 0.6) is 0 Å². The molecule has 0 aliphatic rings. The molecule has 0 aliphatic heterocycles. The predicted molar refractivity (Wildman–Crippen MR) is 118 cm³/mol. The summed E-state index contributed by atoms with van der Waals surface area (Å²) in [4.78, 5) is 30.5. The molecular formula is C22H23N7O. The van der Waals surface area contributed by atoms with Gasteiger partial charge in [0.25, 0.3) is 5.91 Å². The van der Waals surface area contributed by atoms with Gasteiger partial charge < -0.3 is 20.5 Å². The van der Waals surface area contributed by atoms with Crippen molar-refractivity contribution in [1.82, 2.24) is 30.2 Å². The lowest BCUT2D eigenvalue weighted by Crippen LogP contribution is -2.31. The number of rotatable bonds is 7. The third kappa shape index (κ3) is 4.61. The van der Waals surface area contributed by atoms with E-state index in [1.165, 1.54) is 0 Å². The number of amides is 1. The van der Waals surface area contributed by atoms with Gasteiger partial charge in [0.1, 0.15) is 5.69 Å². The van der Waals surface area contributed by atoms with E-state index in [9.17, 15) is 4.79 Å². The topological polar surface area (TPSA) is 98.8 Å². The Kier molecular flexibility index (Phi) is 5.67. The monoisotopic (exact) mass is 401 g/mol. The Morgan fingerprint density at radius 2 is 2.03 bits per heavy atom. The molecule has 152 valence electrons. The summed E-state index contributed by atoms with van der Waals surface area (Å²) in [7, 11) is 3.94. The molecule has 0 saturated heterocycles. The number of carbonyl (C=O) groups is 1. The number of benzene rings is 1. The van der Waals surface area contributed by atoms with Crippen LogP contribution in [0.25, 0.3) is 22.2 Å². The van der Waals surface area contributed by atoms with Crippen molar-refractivity contribution in [3.63, 3.8) is 0 Å². The molecule has 4 rings (SSSR count). The van der Waals surface area contributed by atoms with Crippen LogP contribution in [0, 0.1) is 0 Å². The molecule has 30 heavy (non-hydrogen) atoms. The molecule has 0 spiro atoms. The van der Waals surface area contributed by atoms with Crippen molar-refractivity contribution in [2.75, 3.05) is 32.5 Å². The highest BCUT2D eigenvalue weighted by molar-refractivity contribution is 5.98. The molecule has 0 unspecified atom stereocenters. The van der Waals surface area contributed by atoms with Crippen molar-refractivity contribution >= 4 is 28.4 Å². The molecule has 0 aliphatic carbocycles. The van der Waals surface area contributed by atoms with Gasteiger partial charge in [-0.2, -0.15) is 0 Å². The molecule has 1 aromatic carbocycles. The molecule has 3 aromatic heterocycles. The van der Waals surface area contributed by atoms with Crippen LogP contribution in [0.4, 0.5) is 11.6 Å². The lowest BCUT2D eigenvalue weighted by molar-refractivity contribution is 0.0947. The van der Waals surface area contributed by atoms with Crippen LogP contribution in [0.2, 0.25) is 0 Å². The maximum absolute atomic E-state index is 12.3. The summed E-state index contributed by atoms with van der Waals surface area (Å²) in [6.07, 6.45) is 5.21. The van der Waals surface area contributed by atoms with Crippen molar-refractivity contribution in [2.24, 2.45) is 0 Å². The Labute approximate surface area is 174 Å². The van der Waals surface area contributed by atoms with E-state index in [1.54, 1.807) is 18.6 Å². The standard InChI is InChI=1S/C22H23N7O/c1-29(2)11-10-24-21(30)20-13-16-12-17(5-6-18(16)27-20)26-22-25-9-7-19(28-22)15-4-3-8-23-14-15/h3-9,12-14,27H,10-11H2,1-2H3,(H,24,30)(H,25,26,28). The summed E-state index contributed by atoms with van der Waals surface area (Å²) >= 11 is 0. The van der Waals surface area contributed by atoms with Gasteiger partial charge >= 0.3 is 0 Å². The quantitative estimate of drug-likeness (QED) is 0.440. The van der Waals surface area contributed by atoms with Crippen LogP contribution in [-0.4, -0.2) is 57.9 Å². The number of hydrogen-bond donors (Lipinski definition) is 3. The lowest BCUT2D eigenvalue weighted by Gasteiger charge is -2.09. The number of aromatic nitrogens is 4. The molecule has 0 bridgehead atoms. The SMILES string of the molecule is CN(C)CCNC(=O)c1cc2cc(Nc3nccc(-c4cccnc4)n3)ccc2[nH]1. The Morgan fingerprint density at radius 3 is 2.83 bits per heavy atom. The van der Waals surface area contributed by atoms with Crippen LogP contribution < -0.4 is 10.6 Å². The summed E-state index contributed by atoms with van der Waals surface area (Å²) in [5.41, 5.74) is 3.98. The Hall–Kier alpha value is -3.78. The number of fused-ring (bicyclic) bond motifs is 1. The highest BCUT2D eigenvalue weighted by Crippen LogP contribution is 2.23. The van der Waals surface area contributed by atoms with E-state index in [0.717, 1.165) is 34.4 Å². The highest BCUT2D eigenvalue weighted by atomic mass is 16.1. The van der Waals surface area contributed by atoms with Gasteiger partial charge in [0, 0.05) is 53.8 Å². The first-order valence-corrected chi connectivity index (χ1v) is 9.65. The Balaban J connectivity index is 1.50. The summed E-state index contributed by atoms with van der Waals surface area (Å²) in [5.74, 6) is 0.378. The fourth-order valence-corrected chi connectivity index (χ4v) is 3.04. The number of nitrogens with one attached hydrogen (secondary N) is 3. The van der Waals surface area contributed by atoms with E-state index in [-0.39, 0.29) is 5.91 Å². The summed E-state index contributed by atoms with van der Waals surface area (Å²) < 4.78 is 0. The largest absolute Gasteiger partial charge is 0.351 e. The van der Waals surface area contributed by atoms with Crippen LogP contribution in [0.15, 0.2) is 61.1 Å². The van der Waals surface area contributed by atoms with Gasteiger partial charge in [-0.15, -0.1) is 0 Å². The molecule has 0 atom stereocenters. The van der Waals surface area contributed by atoms with Crippen LogP contribution >= 0.6 is 0 Å². The average molecular weight is 401 g/mol. The molecule has 0 fully saturated rings. The summed E-state index contributed by atoms with van der Waals surface area (Å²) in [6, 6.07) is 13.3. The number of likely N-dealkylation sites (N-methyl/N-ethyl adjacent to an activating group) is 1. The molecule has 8 heteroatoms. The van der Waals surface area contributed by atoms with E-state index >= 15 is 0 Å². The molecule has 0 radical (unpaired) electrons. The number of H-pyrrole nitrogens is 1. The first-order valence-electron chi connectivity index (χ1n) is 9.65. The smallest absolute Gasteiger partial charge is 0.267 e. The normalized spacial score (nSPS) is 11.0. The molecule has 8 nitrogen and oxygen atoms in total. The first-order chi connectivity index (χ1) is 14.6. The number of hydrogen-bond acceptors (Lipinski definition) is 6. The summed E-state index contributed by atoms with van der Waals surface area (Å²) in [5, 5.41) is 7.08. The molecular weight excluding hydrogens is 378 g/mol. The fourth-order valence-electron chi connectivity index (χ4n) is 3.04. The van der Waals surface area contributed by atoms with E-state index in [0.29, 0.717) is 18.2 Å². The minimum absolute atomic E-state index is 0.116. The van der Waals surface area contributed by atoms with Gasteiger partial charge in [0.15, 0.2) is 0 Å². The third-order valence-corrected chi connectivity index (χ3v) is 4.58. The lowest BCUT2D eigenvalue weighted by atomic mass is 10.2. The second-order valence-corrected chi connectivity index (χ2v) is 7.18. The van der Waals surface area contributed by atoms with Gasteiger partial charge in [-0.05, 0) is 56.6 Å². The number of aromatic amines is 1. The van der Waals surface area contributed by atoms with Crippen molar-refractivity contribution in [1.29, 1.82) is 0 Å². The van der Waals surface area contributed by atoms with Gasteiger partial charge in [0.2, 0.25) is 5.95 Å². The number of pyridine rings is 1. The predicted octanol–water partition coefficient (Wildman–Crippen LogP) is 3.05. The number of carbonyl (C=O) groups excluding carboxylic acids is 1. The van der Waals surface area contributed by atoms with Gasteiger partial charge in [-0.25, -0.2) is 9.97 Å². The Morgan fingerprint density at radius 1 is 1.13 bits per heavy atom. The van der Waals surface area contributed by atoms with Gasteiger partial charge in [-0.3, -0.25) is 9.78 Å². The zero-order chi connectivity index (χ0) is 20.9. The highest BCUT2D eigenvalue weighted by Gasteiger charge is 2.10. The maximum Gasteiger partial charge on any atom is 0.267 e. The molecule has 0 saturated carbocycles. The van der Waals surface area contributed by atoms with Crippen molar-refractivity contribution in [3.8, 4) is 11.3 Å². The molecule has 1 amide bonds.